The molecule has 3 aromatic rings. The Morgan fingerprint density at radius 1 is 1.17 bits per heavy atom. The minimum atomic E-state index is -0.633. The molecule has 1 fully saturated rings. The number of carbonyl (C=O) groups is 1. The third kappa shape index (κ3) is 5.05. The highest BCUT2D eigenvalue weighted by atomic mass is 79.9. The molecule has 2 heterocycles. The number of hydrogen-bond acceptors (Lipinski definition) is 5. The summed E-state index contributed by atoms with van der Waals surface area (Å²) in [6, 6.07) is 17.3. The summed E-state index contributed by atoms with van der Waals surface area (Å²) in [6.45, 7) is 3.68. The van der Waals surface area contributed by atoms with Crippen molar-refractivity contribution in [2.24, 2.45) is 0 Å². The lowest BCUT2D eigenvalue weighted by Gasteiger charge is -2.28. The first-order chi connectivity index (χ1) is 14.6. The number of nitrogens with one attached hydrogen (secondary N) is 1. The normalized spacial score (nSPS) is 15.8. The molecule has 0 radical (unpaired) electrons. The van der Waals surface area contributed by atoms with Gasteiger partial charge in [0, 0.05) is 41.6 Å². The lowest BCUT2D eigenvalue weighted by Crippen LogP contribution is -2.44. The Morgan fingerprint density at radius 2 is 1.90 bits per heavy atom. The lowest BCUT2D eigenvalue weighted by atomic mass is 10.0. The van der Waals surface area contributed by atoms with Crippen LogP contribution in [0.5, 0.6) is 0 Å². The van der Waals surface area contributed by atoms with Gasteiger partial charge >= 0.3 is 0 Å². The van der Waals surface area contributed by atoms with Gasteiger partial charge in [0.05, 0.1) is 36.1 Å². The van der Waals surface area contributed by atoms with Crippen LogP contribution in [0.1, 0.15) is 10.4 Å². The maximum atomic E-state index is 13.0. The largest absolute Gasteiger partial charge is 0.390 e. The molecule has 0 aliphatic carbocycles. The van der Waals surface area contributed by atoms with Crippen molar-refractivity contribution in [3.63, 3.8) is 0 Å². The monoisotopic (exact) mass is 469 g/mol. The summed E-state index contributed by atoms with van der Waals surface area (Å²) >= 11 is 3.45. The van der Waals surface area contributed by atoms with Crippen molar-refractivity contribution in [3.8, 4) is 11.3 Å². The summed E-state index contributed by atoms with van der Waals surface area (Å²) in [4.78, 5) is 19.9. The van der Waals surface area contributed by atoms with Gasteiger partial charge in [-0.1, -0.05) is 46.3 Å². The van der Waals surface area contributed by atoms with E-state index < -0.39 is 6.10 Å². The Labute approximate surface area is 184 Å². The number of benzene rings is 2. The maximum absolute atomic E-state index is 13.0. The van der Waals surface area contributed by atoms with Gasteiger partial charge < -0.3 is 15.2 Å². The number of β-amino-alcohol motifs (C(OH)–C–C–N with tert-alkyl or cyclic N) is 1. The van der Waals surface area contributed by atoms with Gasteiger partial charge in [-0.25, -0.2) is 4.98 Å². The van der Waals surface area contributed by atoms with E-state index in [1.54, 1.807) is 0 Å². The van der Waals surface area contributed by atoms with Crippen molar-refractivity contribution in [3.05, 3.63) is 64.6 Å². The number of amides is 1. The lowest BCUT2D eigenvalue weighted by molar-refractivity contribution is 0.0149. The molecule has 1 aliphatic rings. The van der Waals surface area contributed by atoms with E-state index in [1.165, 1.54) is 0 Å². The third-order valence-corrected chi connectivity index (χ3v) is 5.70. The van der Waals surface area contributed by atoms with Crippen molar-refractivity contribution >= 4 is 32.7 Å². The average molecular weight is 470 g/mol. The molecule has 1 atom stereocenters. The zero-order valence-electron chi connectivity index (χ0n) is 16.6. The number of rotatable bonds is 6. The molecule has 1 saturated heterocycles. The first-order valence-corrected chi connectivity index (χ1v) is 10.8. The number of carbonyl (C=O) groups excluding carboxylic acids is 1. The number of fused-ring (bicyclic) bond motifs is 1. The Kier molecular flexibility index (Phi) is 6.74. The van der Waals surface area contributed by atoms with E-state index in [4.69, 9.17) is 9.72 Å². The third-order valence-electron chi connectivity index (χ3n) is 5.17. The highest BCUT2D eigenvalue weighted by molar-refractivity contribution is 9.10. The number of pyridine rings is 1. The van der Waals surface area contributed by atoms with Crippen LogP contribution in [0.25, 0.3) is 22.2 Å². The summed E-state index contributed by atoms with van der Waals surface area (Å²) in [6.07, 6.45) is -0.633. The molecule has 2 N–H and O–H groups in total. The molecule has 7 heteroatoms. The fourth-order valence-electron chi connectivity index (χ4n) is 3.58. The molecule has 6 nitrogen and oxygen atoms in total. The second-order valence-electron chi connectivity index (χ2n) is 7.36. The van der Waals surface area contributed by atoms with Gasteiger partial charge in [0.25, 0.3) is 5.91 Å². The minimum absolute atomic E-state index is 0.195. The molecule has 0 saturated carbocycles. The summed E-state index contributed by atoms with van der Waals surface area (Å²) in [7, 11) is 0. The zero-order valence-corrected chi connectivity index (χ0v) is 18.1. The van der Waals surface area contributed by atoms with E-state index in [0.29, 0.717) is 25.3 Å². The van der Waals surface area contributed by atoms with Crippen LogP contribution in [0.2, 0.25) is 0 Å². The summed E-state index contributed by atoms with van der Waals surface area (Å²) < 4.78 is 6.32. The minimum Gasteiger partial charge on any atom is -0.390 e. The number of morpholine rings is 1. The van der Waals surface area contributed by atoms with Gasteiger partial charge in [-0.2, -0.15) is 0 Å². The molecular formula is C23H24BrN3O3. The predicted molar refractivity (Wildman–Crippen MR) is 120 cm³/mol. The van der Waals surface area contributed by atoms with Crippen molar-refractivity contribution in [2.45, 2.75) is 6.10 Å². The zero-order chi connectivity index (χ0) is 20.9. The molecule has 1 unspecified atom stereocenters. The number of hydrogen-bond donors (Lipinski definition) is 2. The summed E-state index contributed by atoms with van der Waals surface area (Å²) in [5, 5.41) is 14.0. The number of para-hydroxylation sites is 1. The smallest absolute Gasteiger partial charge is 0.252 e. The average Bonchev–Trinajstić information content (AvgIpc) is 2.78. The van der Waals surface area contributed by atoms with E-state index in [9.17, 15) is 9.90 Å². The van der Waals surface area contributed by atoms with Crippen LogP contribution >= 0.6 is 15.9 Å². The van der Waals surface area contributed by atoms with Crippen LogP contribution in [0, 0.1) is 0 Å². The molecule has 30 heavy (non-hydrogen) atoms. The fraction of sp³-hybridized carbons (Fsp3) is 0.304. The molecule has 1 aromatic heterocycles. The highest BCUT2D eigenvalue weighted by Gasteiger charge is 2.18. The molecule has 1 amide bonds. The molecule has 4 rings (SSSR count). The molecular weight excluding hydrogens is 446 g/mol. The molecule has 0 bridgehead atoms. The Bertz CT molecular complexity index is 1020. The number of nitrogens with zero attached hydrogens (tertiary/aromatic N) is 2. The first-order valence-electron chi connectivity index (χ1n) is 10.0. The Hall–Kier alpha value is -2.32. The van der Waals surface area contributed by atoms with Crippen LogP contribution in [0.4, 0.5) is 0 Å². The topological polar surface area (TPSA) is 74.7 Å². The van der Waals surface area contributed by atoms with Crippen molar-refractivity contribution in [1.82, 2.24) is 15.2 Å². The van der Waals surface area contributed by atoms with Gasteiger partial charge in [-0.05, 0) is 24.3 Å². The maximum Gasteiger partial charge on any atom is 0.252 e. The van der Waals surface area contributed by atoms with Gasteiger partial charge in [-0.15, -0.1) is 0 Å². The van der Waals surface area contributed by atoms with E-state index in [1.807, 2.05) is 54.6 Å². The SMILES string of the molecule is O=C(NCC(O)CN1CCOCC1)c1cc(-c2ccc(Br)cc2)nc2ccccc12. The molecule has 156 valence electrons. The second-order valence-corrected chi connectivity index (χ2v) is 8.27. The van der Waals surface area contributed by atoms with Crippen molar-refractivity contribution < 1.29 is 14.6 Å². The highest BCUT2D eigenvalue weighted by Crippen LogP contribution is 2.26. The van der Waals surface area contributed by atoms with Gasteiger partial charge in [0.1, 0.15) is 0 Å². The van der Waals surface area contributed by atoms with Crippen LogP contribution in [-0.4, -0.2) is 66.4 Å². The van der Waals surface area contributed by atoms with Crippen molar-refractivity contribution in [2.75, 3.05) is 39.4 Å². The van der Waals surface area contributed by atoms with E-state index in [-0.39, 0.29) is 12.5 Å². The number of aliphatic hydroxyl groups is 1. The van der Waals surface area contributed by atoms with Crippen LogP contribution < -0.4 is 5.32 Å². The van der Waals surface area contributed by atoms with Gasteiger partial charge in [0.2, 0.25) is 0 Å². The molecule has 2 aromatic carbocycles. The second kappa shape index (κ2) is 9.66. The number of aromatic nitrogens is 1. The number of halogens is 1. The molecule has 1 aliphatic heterocycles. The first kappa shape index (κ1) is 20.9. The Morgan fingerprint density at radius 3 is 2.67 bits per heavy atom. The van der Waals surface area contributed by atoms with Crippen molar-refractivity contribution in [1.29, 1.82) is 0 Å². The summed E-state index contributed by atoms with van der Waals surface area (Å²) in [5.74, 6) is -0.215. The standard InChI is InChI=1S/C23H24BrN3O3/c24-17-7-5-16(6-8-17)22-13-20(19-3-1-2-4-21(19)26-22)23(29)25-14-18(28)15-27-9-11-30-12-10-27/h1-8,13,18,28H,9-12,14-15H2,(H,25,29). The predicted octanol–water partition coefficient (Wildman–Crippen LogP) is 3.09. The van der Waals surface area contributed by atoms with Crippen LogP contribution in [0.3, 0.4) is 0 Å². The van der Waals surface area contributed by atoms with Crippen LogP contribution in [0.15, 0.2) is 59.1 Å². The molecule has 0 spiro atoms. The van der Waals surface area contributed by atoms with E-state index in [0.717, 1.165) is 39.7 Å². The van der Waals surface area contributed by atoms with Gasteiger partial charge in [-0.3, -0.25) is 9.69 Å². The number of ether oxygens (including phenoxy) is 1. The quantitative estimate of drug-likeness (QED) is 0.580. The summed E-state index contributed by atoms with van der Waals surface area (Å²) in [5.41, 5.74) is 2.99. The van der Waals surface area contributed by atoms with E-state index >= 15 is 0 Å². The Balaban J connectivity index is 1.53. The fourth-order valence-corrected chi connectivity index (χ4v) is 3.85. The number of aliphatic hydroxyl groups excluding tert-OH is 1. The van der Waals surface area contributed by atoms with E-state index in [2.05, 4.69) is 26.1 Å². The van der Waals surface area contributed by atoms with Gasteiger partial charge in [0.15, 0.2) is 0 Å². The van der Waals surface area contributed by atoms with Crippen LogP contribution in [-0.2, 0) is 4.74 Å².